The highest BCUT2D eigenvalue weighted by Gasteiger charge is 2.42. The highest BCUT2D eigenvalue weighted by Crippen LogP contribution is 2.22. The first-order valence-electron chi connectivity index (χ1n) is 5.82. The van der Waals surface area contributed by atoms with Gasteiger partial charge in [-0.2, -0.15) is 13.2 Å². The Kier molecular flexibility index (Phi) is 4.61. The Morgan fingerprint density at radius 3 is 2.50 bits per heavy atom. The summed E-state index contributed by atoms with van der Waals surface area (Å²) in [4.78, 5) is 13.0. The molecule has 0 aliphatic carbocycles. The van der Waals surface area contributed by atoms with Crippen LogP contribution in [0.5, 0.6) is 0 Å². The topological polar surface area (TPSA) is 41.6 Å². The Morgan fingerprint density at radius 2 is 2.00 bits per heavy atom. The zero-order chi connectivity index (χ0) is 14.0. The van der Waals surface area contributed by atoms with Gasteiger partial charge >= 0.3 is 12.1 Å². The summed E-state index contributed by atoms with van der Waals surface area (Å²) in [6.07, 6.45) is -4.29. The minimum absolute atomic E-state index is 0.106. The van der Waals surface area contributed by atoms with Crippen molar-refractivity contribution in [3.8, 4) is 0 Å². The van der Waals surface area contributed by atoms with Crippen molar-refractivity contribution in [3.05, 3.63) is 0 Å². The predicted molar refractivity (Wildman–Crippen MR) is 60.1 cm³/mol. The molecule has 0 aromatic carbocycles. The van der Waals surface area contributed by atoms with Crippen LogP contribution < -0.4 is 5.32 Å². The van der Waals surface area contributed by atoms with Crippen LogP contribution in [0.15, 0.2) is 0 Å². The molecule has 18 heavy (non-hydrogen) atoms. The third-order valence-corrected chi connectivity index (χ3v) is 2.43. The van der Waals surface area contributed by atoms with Gasteiger partial charge in [0.05, 0.1) is 6.54 Å². The summed E-state index contributed by atoms with van der Waals surface area (Å²) in [5.74, 6) is -0.495. The lowest BCUT2D eigenvalue weighted by atomic mass is 10.2. The quantitative estimate of drug-likeness (QED) is 0.763. The third kappa shape index (κ3) is 5.22. The average Bonchev–Trinajstić information content (AvgIpc) is 2.13. The number of carbonyl (C=O) groups excluding carboxylic acids is 1. The summed E-state index contributed by atoms with van der Waals surface area (Å²) < 4.78 is 42.6. The van der Waals surface area contributed by atoms with Gasteiger partial charge in [0.25, 0.3) is 0 Å². The Hall–Kier alpha value is -0.820. The van der Waals surface area contributed by atoms with Gasteiger partial charge in [-0.3, -0.25) is 9.69 Å². The van der Waals surface area contributed by atoms with Crippen LogP contribution in [-0.4, -0.2) is 54.9 Å². The Morgan fingerprint density at radius 1 is 1.39 bits per heavy atom. The second kappa shape index (κ2) is 5.44. The number of piperazine rings is 1. The number of esters is 1. The monoisotopic (exact) mass is 268 g/mol. The van der Waals surface area contributed by atoms with E-state index in [1.54, 1.807) is 20.8 Å². The molecule has 0 bridgehead atoms. The van der Waals surface area contributed by atoms with E-state index >= 15 is 0 Å². The van der Waals surface area contributed by atoms with Crippen molar-refractivity contribution in [1.82, 2.24) is 10.2 Å². The number of hydrogen-bond donors (Lipinski definition) is 1. The van der Waals surface area contributed by atoms with E-state index in [4.69, 9.17) is 4.74 Å². The first-order chi connectivity index (χ1) is 8.08. The van der Waals surface area contributed by atoms with Crippen LogP contribution in [0.1, 0.15) is 20.8 Å². The van der Waals surface area contributed by atoms with Crippen molar-refractivity contribution < 1.29 is 22.7 Å². The zero-order valence-electron chi connectivity index (χ0n) is 10.8. The Balaban J connectivity index is 2.46. The lowest BCUT2D eigenvalue weighted by molar-refractivity contribution is -0.170. The summed E-state index contributed by atoms with van der Waals surface area (Å²) >= 11 is 0. The average molecular weight is 268 g/mol. The molecule has 1 rings (SSSR count). The molecule has 1 saturated heterocycles. The molecule has 4 nitrogen and oxygen atoms in total. The highest BCUT2D eigenvalue weighted by atomic mass is 19.4. The molecule has 1 heterocycles. The molecule has 0 aromatic heterocycles. The lowest BCUT2D eigenvalue weighted by Crippen LogP contribution is -2.57. The normalized spacial score (nSPS) is 22.9. The maximum absolute atomic E-state index is 12.5. The predicted octanol–water partition coefficient (Wildman–Crippen LogP) is 1.16. The smallest absolute Gasteiger partial charge is 0.405 e. The van der Waals surface area contributed by atoms with Gasteiger partial charge in [0.1, 0.15) is 11.6 Å². The Labute approximate surface area is 104 Å². The van der Waals surface area contributed by atoms with E-state index in [0.717, 1.165) is 0 Å². The molecule has 1 N–H and O–H groups in total. The van der Waals surface area contributed by atoms with E-state index in [0.29, 0.717) is 6.54 Å². The first-order valence-corrected chi connectivity index (χ1v) is 5.82. The van der Waals surface area contributed by atoms with Crippen molar-refractivity contribution in [1.29, 1.82) is 0 Å². The molecule has 1 aliphatic rings. The fraction of sp³-hybridized carbons (Fsp3) is 0.909. The molecule has 1 fully saturated rings. The summed E-state index contributed by atoms with van der Waals surface area (Å²) in [6.45, 7) is 5.47. The van der Waals surface area contributed by atoms with Gasteiger partial charge in [-0.15, -0.1) is 0 Å². The molecule has 1 atom stereocenters. The van der Waals surface area contributed by atoms with Gasteiger partial charge in [0, 0.05) is 19.6 Å². The zero-order valence-corrected chi connectivity index (χ0v) is 10.8. The molecule has 0 saturated carbocycles. The van der Waals surface area contributed by atoms with E-state index in [2.05, 4.69) is 5.32 Å². The number of nitrogens with one attached hydrogen (secondary N) is 1. The van der Waals surface area contributed by atoms with Crippen LogP contribution in [0.3, 0.4) is 0 Å². The summed E-state index contributed by atoms with van der Waals surface area (Å²) in [5.41, 5.74) is -0.617. The molecule has 0 aromatic rings. The van der Waals surface area contributed by atoms with Crippen molar-refractivity contribution in [2.45, 2.75) is 38.6 Å². The van der Waals surface area contributed by atoms with Gasteiger partial charge in [-0.1, -0.05) is 0 Å². The minimum Gasteiger partial charge on any atom is -0.459 e. The van der Waals surface area contributed by atoms with Crippen LogP contribution >= 0.6 is 0 Å². The van der Waals surface area contributed by atoms with E-state index in [-0.39, 0.29) is 19.6 Å². The molecule has 0 spiro atoms. The highest BCUT2D eigenvalue weighted by molar-refractivity contribution is 5.72. The maximum Gasteiger partial charge on any atom is 0.405 e. The van der Waals surface area contributed by atoms with E-state index in [1.165, 1.54) is 4.90 Å². The van der Waals surface area contributed by atoms with Crippen LogP contribution in [-0.2, 0) is 9.53 Å². The number of alkyl halides is 3. The largest absolute Gasteiger partial charge is 0.459 e. The number of rotatable bonds is 2. The molecule has 7 heteroatoms. The third-order valence-electron chi connectivity index (χ3n) is 2.43. The van der Waals surface area contributed by atoms with Gasteiger partial charge in [-0.25, -0.2) is 0 Å². The standard InChI is InChI=1S/C11H19F3N2O2/c1-10(2,3)18-9(17)7-16-5-4-15-8(6-16)11(12,13)14/h8,15H,4-7H2,1-3H3. The van der Waals surface area contributed by atoms with Gasteiger partial charge in [0.2, 0.25) is 0 Å². The SMILES string of the molecule is CC(C)(C)OC(=O)CN1CCNC(C(F)(F)F)C1. The number of halogens is 3. The van der Waals surface area contributed by atoms with Crippen molar-refractivity contribution >= 4 is 5.97 Å². The number of hydrogen-bond acceptors (Lipinski definition) is 4. The van der Waals surface area contributed by atoms with Crippen molar-refractivity contribution in [3.63, 3.8) is 0 Å². The molecule has 1 aliphatic heterocycles. The molecular formula is C11H19F3N2O2. The molecule has 0 radical (unpaired) electrons. The fourth-order valence-electron chi connectivity index (χ4n) is 1.73. The number of ether oxygens (including phenoxy) is 1. The van der Waals surface area contributed by atoms with Crippen molar-refractivity contribution in [2.75, 3.05) is 26.2 Å². The van der Waals surface area contributed by atoms with E-state index in [9.17, 15) is 18.0 Å². The number of carbonyl (C=O) groups is 1. The van der Waals surface area contributed by atoms with Gasteiger partial charge < -0.3 is 10.1 Å². The Bertz CT molecular complexity index is 300. The summed E-state index contributed by atoms with van der Waals surface area (Å²) in [6, 6.07) is -1.58. The van der Waals surface area contributed by atoms with Gasteiger partial charge in [0.15, 0.2) is 0 Å². The maximum atomic E-state index is 12.5. The van der Waals surface area contributed by atoms with Crippen molar-refractivity contribution in [2.24, 2.45) is 0 Å². The first kappa shape index (κ1) is 15.2. The fourth-order valence-corrected chi connectivity index (χ4v) is 1.73. The molecule has 0 amide bonds. The second-order valence-electron chi connectivity index (χ2n) is 5.37. The van der Waals surface area contributed by atoms with E-state index in [1.807, 2.05) is 0 Å². The van der Waals surface area contributed by atoms with Crippen LogP contribution in [0.25, 0.3) is 0 Å². The molecule has 1 unspecified atom stereocenters. The summed E-state index contributed by atoms with van der Waals surface area (Å²) in [7, 11) is 0. The van der Waals surface area contributed by atoms with Crippen LogP contribution in [0.4, 0.5) is 13.2 Å². The minimum atomic E-state index is -4.29. The van der Waals surface area contributed by atoms with Crippen LogP contribution in [0.2, 0.25) is 0 Å². The number of nitrogens with zero attached hydrogens (tertiary/aromatic N) is 1. The molecule has 106 valence electrons. The van der Waals surface area contributed by atoms with Crippen LogP contribution in [0, 0.1) is 0 Å². The van der Waals surface area contributed by atoms with Gasteiger partial charge in [-0.05, 0) is 20.8 Å². The summed E-state index contributed by atoms with van der Waals surface area (Å²) in [5, 5.41) is 2.39. The second-order valence-corrected chi connectivity index (χ2v) is 5.37. The molecular weight excluding hydrogens is 249 g/mol. The lowest BCUT2D eigenvalue weighted by Gasteiger charge is -2.34. The van der Waals surface area contributed by atoms with E-state index < -0.39 is 23.8 Å².